The van der Waals surface area contributed by atoms with Gasteiger partial charge in [0.25, 0.3) is 5.91 Å². The number of imide groups is 1. The van der Waals surface area contributed by atoms with Crippen LogP contribution in [0.1, 0.15) is 43.1 Å². The minimum Gasteiger partial charge on any atom is -0.508 e. The Morgan fingerprint density at radius 3 is 2.81 bits per heavy atom. The van der Waals surface area contributed by atoms with Gasteiger partial charge in [-0.05, 0) is 75.3 Å². The van der Waals surface area contributed by atoms with E-state index in [1.54, 1.807) is 23.1 Å². The van der Waals surface area contributed by atoms with Crippen LogP contribution >= 0.6 is 0 Å². The van der Waals surface area contributed by atoms with Crippen molar-refractivity contribution in [3.8, 4) is 11.5 Å². The lowest BCUT2D eigenvalue weighted by Gasteiger charge is -2.42. The van der Waals surface area contributed by atoms with E-state index in [-0.39, 0.29) is 17.7 Å². The monoisotopic (exact) mass is 502 g/mol. The number of nitrogens with zero attached hydrogens (tertiary/aromatic N) is 3. The van der Waals surface area contributed by atoms with Crippen LogP contribution in [-0.2, 0) is 11.2 Å². The van der Waals surface area contributed by atoms with E-state index >= 15 is 0 Å². The number of carbonyl (C=O) groups excluding carboxylic acids is 2. The fraction of sp³-hybridized carbons (Fsp3) is 0.379. The van der Waals surface area contributed by atoms with Gasteiger partial charge in [-0.15, -0.1) is 6.58 Å². The number of likely N-dealkylation sites (N-methyl/N-ethyl adjacent to an activating group) is 1. The van der Waals surface area contributed by atoms with Crippen LogP contribution in [-0.4, -0.2) is 75.6 Å². The Labute approximate surface area is 217 Å². The van der Waals surface area contributed by atoms with Crippen LogP contribution in [0.2, 0.25) is 0 Å². The first-order chi connectivity index (χ1) is 17.8. The van der Waals surface area contributed by atoms with Crippen molar-refractivity contribution in [3.63, 3.8) is 0 Å². The summed E-state index contributed by atoms with van der Waals surface area (Å²) in [5, 5.41) is 11.3. The quantitative estimate of drug-likeness (QED) is 0.333. The molecule has 2 N–H and O–H groups in total. The summed E-state index contributed by atoms with van der Waals surface area (Å²) in [6.45, 7) is 9.97. The summed E-state index contributed by atoms with van der Waals surface area (Å²) in [4.78, 5) is 36.5. The lowest BCUT2D eigenvalue weighted by Crippen LogP contribution is -2.53. The summed E-state index contributed by atoms with van der Waals surface area (Å²) in [7, 11) is 1.99. The van der Waals surface area contributed by atoms with Crippen molar-refractivity contribution in [2.75, 3.05) is 33.3 Å². The minimum atomic E-state index is -1.05. The van der Waals surface area contributed by atoms with Crippen molar-refractivity contribution < 1.29 is 19.4 Å². The topological polar surface area (TPSA) is 89.1 Å². The third kappa shape index (κ3) is 4.15. The predicted octanol–water partition coefficient (Wildman–Crippen LogP) is 4.45. The summed E-state index contributed by atoms with van der Waals surface area (Å²) < 4.78 is 5.75. The number of nitrogens with one attached hydrogen (secondary N) is 1. The van der Waals surface area contributed by atoms with Crippen molar-refractivity contribution in [1.29, 1.82) is 0 Å². The van der Waals surface area contributed by atoms with Gasteiger partial charge in [0.15, 0.2) is 0 Å². The fourth-order valence-electron chi connectivity index (χ4n) is 5.80. The Kier molecular flexibility index (Phi) is 6.45. The number of phenolic OH excluding ortho intramolecular Hbond substituents is 1. The van der Waals surface area contributed by atoms with Crippen molar-refractivity contribution in [3.05, 3.63) is 71.9 Å². The van der Waals surface area contributed by atoms with Gasteiger partial charge >= 0.3 is 6.03 Å². The number of aromatic hydroxyl groups is 1. The fourth-order valence-corrected chi connectivity index (χ4v) is 5.80. The van der Waals surface area contributed by atoms with E-state index in [0.29, 0.717) is 26.0 Å². The highest BCUT2D eigenvalue weighted by atomic mass is 16.5. The molecule has 3 heterocycles. The molecule has 0 unspecified atom stereocenters. The number of carbonyl (C=O) groups is 2. The lowest BCUT2D eigenvalue weighted by molar-refractivity contribution is -0.133. The average molecular weight is 503 g/mol. The Morgan fingerprint density at radius 1 is 1.27 bits per heavy atom. The summed E-state index contributed by atoms with van der Waals surface area (Å²) in [5.41, 5.74) is 2.48. The molecule has 37 heavy (non-hydrogen) atoms. The van der Waals surface area contributed by atoms with Crippen LogP contribution < -0.4 is 4.74 Å². The first-order valence-corrected chi connectivity index (χ1v) is 12.8. The Bertz CT molecular complexity index is 1370. The van der Waals surface area contributed by atoms with E-state index < -0.39 is 11.6 Å². The second kappa shape index (κ2) is 9.59. The van der Waals surface area contributed by atoms with Crippen LogP contribution in [0.4, 0.5) is 4.79 Å². The van der Waals surface area contributed by atoms with E-state index in [0.717, 1.165) is 46.6 Å². The Morgan fingerprint density at radius 2 is 2.08 bits per heavy atom. The summed E-state index contributed by atoms with van der Waals surface area (Å²) in [6, 6.07) is 12.0. The summed E-state index contributed by atoms with van der Waals surface area (Å²) in [5.74, 6) is 0.688. The number of fused-ring (bicyclic) bond motifs is 4. The zero-order valence-electron chi connectivity index (χ0n) is 21.7. The van der Waals surface area contributed by atoms with Gasteiger partial charge in [0.05, 0.1) is 6.61 Å². The number of H-pyrrole nitrogens is 1. The molecule has 0 radical (unpaired) electrons. The predicted molar refractivity (Wildman–Crippen MR) is 143 cm³/mol. The van der Waals surface area contributed by atoms with Gasteiger partial charge in [-0.2, -0.15) is 0 Å². The first-order valence-electron chi connectivity index (χ1n) is 12.8. The third-order valence-electron chi connectivity index (χ3n) is 7.50. The number of hydrogen-bond donors (Lipinski definition) is 2. The average Bonchev–Trinajstić information content (AvgIpc) is 3.30. The van der Waals surface area contributed by atoms with Gasteiger partial charge in [-0.3, -0.25) is 14.6 Å². The Hall–Kier alpha value is -3.78. The van der Waals surface area contributed by atoms with Crippen molar-refractivity contribution in [2.24, 2.45) is 0 Å². The van der Waals surface area contributed by atoms with E-state index in [1.165, 1.54) is 4.90 Å². The molecule has 194 valence electrons. The highest BCUT2D eigenvalue weighted by Crippen LogP contribution is 2.49. The van der Waals surface area contributed by atoms with Gasteiger partial charge in [0.2, 0.25) is 0 Å². The number of amides is 3. The molecule has 8 nitrogen and oxygen atoms in total. The molecule has 2 aliphatic rings. The van der Waals surface area contributed by atoms with Gasteiger partial charge in [-0.25, -0.2) is 4.79 Å². The van der Waals surface area contributed by atoms with E-state index in [1.807, 2.05) is 51.2 Å². The van der Waals surface area contributed by atoms with Gasteiger partial charge < -0.3 is 19.7 Å². The third-order valence-corrected chi connectivity index (χ3v) is 7.50. The molecule has 2 aliphatic heterocycles. The molecule has 0 bridgehead atoms. The zero-order valence-corrected chi connectivity index (χ0v) is 21.7. The van der Waals surface area contributed by atoms with E-state index in [4.69, 9.17) is 4.74 Å². The number of aromatic nitrogens is 1. The molecular formula is C29H34N4O4. The second-order valence-electron chi connectivity index (χ2n) is 10.1. The zero-order chi connectivity index (χ0) is 26.3. The minimum absolute atomic E-state index is 0.112. The molecule has 2 atom stereocenters. The molecule has 1 saturated heterocycles. The molecule has 0 spiro atoms. The van der Waals surface area contributed by atoms with Gasteiger partial charge in [0.1, 0.15) is 23.1 Å². The molecule has 8 heteroatoms. The first kappa shape index (κ1) is 24.9. The number of phenols is 1. The highest BCUT2D eigenvalue weighted by Gasteiger charge is 2.60. The molecule has 5 rings (SSSR count). The van der Waals surface area contributed by atoms with Gasteiger partial charge in [-0.1, -0.05) is 18.2 Å². The maximum atomic E-state index is 13.9. The number of urea groups is 1. The molecule has 1 aromatic heterocycles. The van der Waals surface area contributed by atoms with Crippen LogP contribution in [0.3, 0.4) is 0 Å². The normalized spacial score (nSPS) is 21.0. The highest BCUT2D eigenvalue weighted by molar-refractivity contribution is 6.08. The number of aromatic amines is 1. The standard InChI is InChI=1S/C29H34N4O4/c1-5-13-31(4)14-8-15-32-27(35)29(3)18-23-22-17-21(37-6-2)11-12-24(22)30-25(23)26(33(29)28(32)36)19-9-7-10-20(34)16-19/h5,7,9-12,16-17,26,30,34H,1,6,8,13-15,18H2,2-4H3/t26-,29+/m1/s1. The molecule has 0 saturated carbocycles. The molecule has 1 fully saturated rings. The summed E-state index contributed by atoms with van der Waals surface area (Å²) in [6.07, 6.45) is 2.90. The van der Waals surface area contributed by atoms with Crippen molar-refractivity contribution in [2.45, 2.75) is 38.3 Å². The van der Waals surface area contributed by atoms with Crippen molar-refractivity contribution in [1.82, 2.24) is 19.7 Å². The second-order valence-corrected chi connectivity index (χ2v) is 10.1. The van der Waals surface area contributed by atoms with Crippen LogP contribution in [0.5, 0.6) is 11.5 Å². The van der Waals surface area contributed by atoms with Gasteiger partial charge in [0, 0.05) is 36.1 Å². The maximum Gasteiger partial charge on any atom is 0.328 e. The smallest absolute Gasteiger partial charge is 0.328 e. The SMILES string of the molecule is C=CCN(C)CCCN1C(=O)N2[C@H](c3cccc(O)c3)c3[nH]c4ccc(OCC)cc4c3C[C@@]2(C)C1=O. The molecular weight excluding hydrogens is 468 g/mol. The molecule has 2 aromatic carbocycles. The van der Waals surface area contributed by atoms with Crippen molar-refractivity contribution >= 4 is 22.8 Å². The molecule has 3 aromatic rings. The number of hydrogen-bond acceptors (Lipinski definition) is 5. The maximum absolute atomic E-state index is 13.9. The van der Waals surface area contributed by atoms with E-state index in [2.05, 4.69) is 16.5 Å². The Balaban J connectivity index is 1.59. The van der Waals surface area contributed by atoms with Crippen LogP contribution in [0, 0.1) is 0 Å². The van der Waals surface area contributed by atoms with E-state index in [9.17, 15) is 14.7 Å². The number of rotatable bonds is 9. The number of ether oxygens (including phenoxy) is 1. The molecule has 3 amide bonds. The van der Waals surface area contributed by atoms with Crippen LogP contribution in [0.15, 0.2) is 55.1 Å². The largest absolute Gasteiger partial charge is 0.508 e. The lowest BCUT2D eigenvalue weighted by atomic mass is 9.81. The number of benzene rings is 2. The molecule has 0 aliphatic carbocycles. The summed E-state index contributed by atoms with van der Waals surface area (Å²) >= 11 is 0. The van der Waals surface area contributed by atoms with Crippen LogP contribution in [0.25, 0.3) is 10.9 Å².